The van der Waals surface area contributed by atoms with Gasteiger partial charge in [0.15, 0.2) is 12.0 Å². The van der Waals surface area contributed by atoms with Gasteiger partial charge in [-0.15, -0.1) is 0 Å². The van der Waals surface area contributed by atoms with Crippen molar-refractivity contribution in [3.05, 3.63) is 59.7 Å². The van der Waals surface area contributed by atoms with Gasteiger partial charge in [-0.25, -0.2) is 0 Å². The Hall–Kier alpha value is -2.65. The fourth-order valence-electron chi connectivity index (χ4n) is 1.59. The van der Waals surface area contributed by atoms with Crippen molar-refractivity contribution < 1.29 is 17.4 Å². The Morgan fingerprint density at radius 1 is 1.05 bits per heavy atom. The minimum Gasteiger partial charge on any atom is -0.378 e. The van der Waals surface area contributed by atoms with Crippen LogP contribution >= 0.6 is 0 Å². The van der Waals surface area contributed by atoms with E-state index in [0.717, 1.165) is 0 Å². The monoisotopic (exact) mass is 287 g/mol. The molecule has 2 aromatic carbocycles. The lowest BCUT2D eigenvalue weighted by Gasteiger charge is -2.09. The van der Waals surface area contributed by atoms with Gasteiger partial charge < -0.3 is 4.18 Å². The number of carbonyl (C=O) groups excluding carboxylic acids is 1. The van der Waals surface area contributed by atoms with Crippen molar-refractivity contribution in [2.45, 2.75) is 4.90 Å². The minimum absolute atomic E-state index is 0.0175. The number of carbonyl (C=O) groups is 1. The molecule has 0 N–H and O–H groups in total. The number of nitriles is 1. The summed E-state index contributed by atoms with van der Waals surface area (Å²) in [6.45, 7) is 0. The summed E-state index contributed by atoms with van der Waals surface area (Å²) in [6.07, 6.45) is 0.501. The molecule has 0 aliphatic heterocycles. The van der Waals surface area contributed by atoms with E-state index in [0.29, 0.717) is 6.29 Å². The molecule has 0 aliphatic carbocycles. The zero-order valence-electron chi connectivity index (χ0n) is 10.2. The molecule has 0 fully saturated rings. The Labute approximate surface area is 116 Å². The number of hydrogen-bond acceptors (Lipinski definition) is 5. The second kappa shape index (κ2) is 5.55. The number of rotatable bonds is 4. The van der Waals surface area contributed by atoms with Crippen LogP contribution in [0.4, 0.5) is 0 Å². The van der Waals surface area contributed by atoms with Gasteiger partial charge in [-0.2, -0.15) is 13.7 Å². The molecular weight excluding hydrogens is 278 g/mol. The van der Waals surface area contributed by atoms with E-state index in [1.165, 1.54) is 30.3 Å². The molecule has 6 heteroatoms. The molecule has 0 unspecified atom stereocenters. The SMILES string of the molecule is N#Cc1ccccc1S(=O)(=O)Oc1ccccc1C=O. The lowest BCUT2D eigenvalue weighted by atomic mass is 10.2. The Morgan fingerprint density at radius 2 is 1.70 bits per heavy atom. The van der Waals surface area contributed by atoms with Crippen molar-refractivity contribution >= 4 is 16.4 Å². The summed E-state index contributed by atoms with van der Waals surface area (Å²) in [4.78, 5) is 10.6. The van der Waals surface area contributed by atoms with Gasteiger partial charge in [0.2, 0.25) is 0 Å². The summed E-state index contributed by atoms with van der Waals surface area (Å²) in [6, 6.07) is 13.4. The summed E-state index contributed by atoms with van der Waals surface area (Å²) in [7, 11) is -4.17. The van der Waals surface area contributed by atoms with Crippen LogP contribution in [0, 0.1) is 11.3 Å². The molecular formula is C14H9NO4S. The van der Waals surface area contributed by atoms with Gasteiger partial charge in [0, 0.05) is 0 Å². The van der Waals surface area contributed by atoms with Crippen LogP contribution < -0.4 is 4.18 Å². The van der Waals surface area contributed by atoms with Gasteiger partial charge in [0.25, 0.3) is 0 Å². The lowest BCUT2D eigenvalue weighted by molar-refractivity contribution is 0.112. The summed E-state index contributed by atoms with van der Waals surface area (Å²) < 4.78 is 29.3. The Balaban J connectivity index is 2.47. The summed E-state index contributed by atoms with van der Waals surface area (Å²) in [5, 5.41) is 8.92. The summed E-state index contributed by atoms with van der Waals surface area (Å²) in [5.41, 5.74) is 0.0987. The van der Waals surface area contributed by atoms with Crippen LogP contribution in [0.25, 0.3) is 0 Å². The topological polar surface area (TPSA) is 84.2 Å². The normalized spacial score (nSPS) is 10.6. The zero-order valence-corrected chi connectivity index (χ0v) is 11.0. The smallest absolute Gasteiger partial charge is 0.340 e. The van der Waals surface area contributed by atoms with Gasteiger partial charge in [-0.3, -0.25) is 4.79 Å². The molecule has 2 aromatic rings. The number of para-hydroxylation sites is 1. The van der Waals surface area contributed by atoms with Crippen molar-refractivity contribution in [2.24, 2.45) is 0 Å². The van der Waals surface area contributed by atoms with Crippen LogP contribution in [0.2, 0.25) is 0 Å². The lowest BCUT2D eigenvalue weighted by Crippen LogP contribution is -2.12. The van der Waals surface area contributed by atoms with Crippen molar-refractivity contribution in [2.75, 3.05) is 0 Å². The molecule has 0 radical (unpaired) electrons. The Morgan fingerprint density at radius 3 is 2.40 bits per heavy atom. The van der Waals surface area contributed by atoms with Gasteiger partial charge in [-0.1, -0.05) is 24.3 Å². The number of nitrogens with zero attached hydrogens (tertiary/aromatic N) is 1. The van der Waals surface area contributed by atoms with E-state index in [4.69, 9.17) is 9.44 Å². The summed E-state index contributed by atoms with van der Waals surface area (Å²) >= 11 is 0. The molecule has 2 rings (SSSR count). The van der Waals surface area contributed by atoms with E-state index >= 15 is 0 Å². The first-order chi connectivity index (χ1) is 9.58. The number of hydrogen-bond donors (Lipinski definition) is 0. The Bertz CT molecular complexity index is 791. The standard InChI is InChI=1S/C14H9NO4S/c15-9-11-5-2-4-8-14(11)20(17,18)19-13-7-3-1-6-12(13)10-16/h1-8,10H. The van der Waals surface area contributed by atoms with Crippen LogP contribution in [-0.2, 0) is 10.1 Å². The van der Waals surface area contributed by atoms with Crippen LogP contribution in [-0.4, -0.2) is 14.7 Å². The van der Waals surface area contributed by atoms with Gasteiger partial charge in [0.05, 0.1) is 11.1 Å². The van der Waals surface area contributed by atoms with E-state index in [1.807, 2.05) is 0 Å². The highest BCUT2D eigenvalue weighted by Crippen LogP contribution is 2.23. The maximum Gasteiger partial charge on any atom is 0.340 e. The van der Waals surface area contributed by atoms with Crippen LogP contribution in [0.3, 0.4) is 0 Å². The quantitative estimate of drug-likeness (QED) is 0.635. The second-order valence-corrected chi connectivity index (χ2v) is 5.32. The maximum atomic E-state index is 12.2. The van der Waals surface area contributed by atoms with E-state index in [1.54, 1.807) is 24.3 Å². The van der Waals surface area contributed by atoms with Crippen molar-refractivity contribution in [1.82, 2.24) is 0 Å². The van der Waals surface area contributed by atoms with Gasteiger partial charge in [0.1, 0.15) is 11.0 Å². The third kappa shape index (κ3) is 2.68. The molecule has 0 saturated heterocycles. The predicted molar refractivity (Wildman–Crippen MR) is 70.8 cm³/mol. The largest absolute Gasteiger partial charge is 0.378 e. The Kier molecular flexibility index (Phi) is 3.82. The first-order valence-corrected chi connectivity index (χ1v) is 6.97. The second-order valence-electron chi connectivity index (χ2n) is 3.80. The molecule has 0 amide bonds. The highest BCUT2D eigenvalue weighted by atomic mass is 32.2. The van der Waals surface area contributed by atoms with E-state index in [-0.39, 0.29) is 21.8 Å². The molecule has 100 valence electrons. The van der Waals surface area contributed by atoms with Crippen molar-refractivity contribution in [3.8, 4) is 11.8 Å². The molecule has 5 nitrogen and oxygen atoms in total. The molecule has 0 aromatic heterocycles. The average molecular weight is 287 g/mol. The highest BCUT2D eigenvalue weighted by molar-refractivity contribution is 7.87. The molecule has 0 atom stereocenters. The molecule has 0 heterocycles. The first-order valence-electron chi connectivity index (χ1n) is 5.56. The third-order valence-electron chi connectivity index (χ3n) is 2.52. The van der Waals surface area contributed by atoms with Gasteiger partial charge in [-0.05, 0) is 24.3 Å². The average Bonchev–Trinajstić information content (AvgIpc) is 2.47. The van der Waals surface area contributed by atoms with Crippen molar-refractivity contribution in [3.63, 3.8) is 0 Å². The number of benzene rings is 2. The van der Waals surface area contributed by atoms with E-state index < -0.39 is 10.1 Å². The van der Waals surface area contributed by atoms with Crippen LogP contribution in [0.5, 0.6) is 5.75 Å². The third-order valence-corrected chi connectivity index (χ3v) is 3.82. The molecule has 0 spiro atoms. The predicted octanol–water partition coefficient (Wildman–Crippen LogP) is 2.14. The molecule has 20 heavy (non-hydrogen) atoms. The number of aldehydes is 1. The summed E-state index contributed by atoms with van der Waals surface area (Å²) in [5.74, 6) is -0.0738. The fourth-order valence-corrected chi connectivity index (χ4v) is 2.70. The molecule has 0 bridgehead atoms. The van der Waals surface area contributed by atoms with E-state index in [9.17, 15) is 13.2 Å². The fraction of sp³-hybridized carbons (Fsp3) is 0. The van der Waals surface area contributed by atoms with Crippen LogP contribution in [0.1, 0.15) is 15.9 Å². The first kappa shape index (κ1) is 13.8. The highest BCUT2D eigenvalue weighted by Gasteiger charge is 2.21. The van der Waals surface area contributed by atoms with Crippen LogP contribution in [0.15, 0.2) is 53.4 Å². The minimum atomic E-state index is -4.17. The zero-order chi connectivity index (χ0) is 14.6. The van der Waals surface area contributed by atoms with E-state index in [2.05, 4.69) is 0 Å². The van der Waals surface area contributed by atoms with Gasteiger partial charge >= 0.3 is 10.1 Å². The molecule has 0 saturated carbocycles. The maximum absolute atomic E-state index is 12.2. The molecule has 0 aliphatic rings. The van der Waals surface area contributed by atoms with Crippen molar-refractivity contribution in [1.29, 1.82) is 5.26 Å².